The van der Waals surface area contributed by atoms with E-state index >= 15 is 0 Å². The summed E-state index contributed by atoms with van der Waals surface area (Å²) in [6.07, 6.45) is 2.47. The van der Waals surface area contributed by atoms with Crippen LogP contribution < -0.4 is 0 Å². The van der Waals surface area contributed by atoms with Gasteiger partial charge in [0.1, 0.15) is 18.9 Å². The molecule has 0 N–H and O–H groups in total. The minimum Gasteiger partial charge on any atom is -0.302 e. The molecule has 1 rings (SSSR count). The van der Waals surface area contributed by atoms with Crippen molar-refractivity contribution in [2.45, 2.75) is 0 Å². The van der Waals surface area contributed by atoms with Crippen molar-refractivity contribution in [3.63, 3.8) is 0 Å². The number of aldehydes is 3. The quantitative estimate of drug-likeness (QED) is 0.494. The van der Waals surface area contributed by atoms with E-state index in [2.05, 4.69) is 0 Å². The third-order valence-corrected chi connectivity index (χ3v) is 2.20. The van der Waals surface area contributed by atoms with E-state index < -0.39 is 0 Å². The molecule has 0 aromatic carbocycles. The summed E-state index contributed by atoms with van der Waals surface area (Å²) in [6.45, 7) is 2.74. The SMILES string of the molecule is O=CCN1CN(CC=O)CN(CC=O)C1. The lowest BCUT2D eigenvalue weighted by molar-refractivity contribution is -0.117. The molecule has 15 heavy (non-hydrogen) atoms. The molecule has 1 aliphatic heterocycles. The summed E-state index contributed by atoms with van der Waals surface area (Å²) in [5.74, 6) is 0. The van der Waals surface area contributed by atoms with Gasteiger partial charge in [-0.15, -0.1) is 0 Å². The van der Waals surface area contributed by atoms with Crippen molar-refractivity contribution in [2.24, 2.45) is 0 Å². The first-order chi connectivity index (χ1) is 7.30. The topological polar surface area (TPSA) is 60.9 Å². The van der Waals surface area contributed by atoms with Gasteiger partial charge >= 0.3 is 0 Å². The first-order valence-electron chi connectivity index (χ1n) is 4.78. The molecular weight excluding hydrogens is 198 g/mol. The Kier molecular flexibility index (Phi) is 5.09. The Bertz CT molecular complexity index is 191. The highest BCUT2D eigenvalue weighted by Crippen LogP contribution is 2.04. The smallest absolute Gasteiger partial charge is 0.134 e. The first kappa shape index (κ1) is 12.0. The maximum Gasteiger partial charge on any atom is 0.134 e. The van der Waals surface area contributed by atoms with Crippen molar-refractivity contribution in [2.75, 3.05) is 39.6 Å². The summed E-state index contributed by atoms with van der Waals surface area (Å²) in [5.41, 5.74) is 0. The zero-order chi connectivity index (χ0) is 11.1. The Balaban J connectivity index is 2.50. The standard InChI is InChI=1S/C9H15N3O3/c13-4-1-10-7-11(2-5-14)9-12(8-10)3-6-15/h4-6H,1-3,7-9H2. The summed E-state index contributed by atoms with van der Waals surface area (Å²) in [6, 6.07) is 0. The molecule has 0 atom stereocenters. The lowest BCUT2D eigenvalue weighted by Gasteiger charge is -2.40. The van der Waals surface area contributed by atoms with E-state index in [0.717, 1.165) is 18.9 Å². The fourth-order valence-electron chi connectivity index (χ4n) is 1.65. The van der Waals surface area contributed by atoms with Crippen LogP contribution in [0.2, 0.25) is 0 Å². The monoisotopic (exact) mass is 213 g/mol. The van der Waals surface area contributed by atoms with Gasteiger partial charge in [0, 0.05) is 0 Å². The molecule has 0 unspecified atom stereocenters. The van der Waals surface area contributed by atoms with Crippen LogP contribution in [-0.2, 0) is 14.4 Å². The first-order valence-corrected chi connectivity index (χ1v) is 4.78. The van der Waals surface area contributed by atoms with Crippen LogP contribution in [0.5, 0.6) is 0 Å². The van der Waals surface area contributed by atoms with Crippen molar-refractivity contribution in [1.29, 1.82) is 0 Å². The molecule has 6 heteroatoms. The normalized spacial score (nSPS) is 20.0. The summed E-state index contributed by atoms with van der Waals surface area (Å²) >= 11 is 0. The van der Waals surface area contributed by atoms with E-state index in [4.69, 9.17) is 0 Å². The van der Waals surface area contributed by atoms with Crippen molar-refractivity contribution in [3.05, 3.63) is 0 Å². The molecule has 0 aliphatic carbocycles. The molecule has 0 saturated carbocycles. The molecule has 1 saturated heterocycles. The molecule has 84 valence electrons. The second-order valence-electron chi connectivity index (χ2n) is 3.48. The largest absolute Gasteiger partial charge is 0.302 e. The molecule has 6 nitrogen and oxygen atoms in total. The van der Waals surface area contributed by atoms with Crippen LogP contribution in [0, 0.1) is 0 Å². The average molecular weight is 213 g/mol. The molecule has 1 heterocycles. The second-order valence-corrected chi connectivity index (χ2v) is 3.48. The zero-order valence-corrected chi connectivity index (χ0v) is 8.54. The number of rotatable bonds is 6. The van der Waals surface area contributed by atoms with Crippen LogP contribution in [0.3, 0.4) is 0 Å². The van der Waals surface area contributed by atoms with E-state index in [9.17, 15) is 14.4 Å². The fraction of sp³-hybridized carbons (Fsp3) is 0.667. The Morgan fingerprint density at radius 3 is 1.13 bits per heavy atom. The van der Waals surface area contributed by atoms with E-state index in [1.54, 1.807) is 0 Å². The molecule has 1 fully saturated rings. The maximum absolute atomic E-state index is 10.4. The second kappa shape index (κ2) is 6.39. The third kappa shape index (κ3) is 3.86. The van der Waals surface area contributed by atoms with Gasteiger partial charge < -0.3 is 14.4 Å². The maximum atomic E-state index is 10.4. The molecule has 1 aliphatic rings. The van der Waals surface area contributed by atoms with Gasteiger partial charge in [-0.3, -0.25) is 14.7 Å². The lowest BCUT2D eigenvalue weighted by atomic mass is 10.4. The Labute approximate surface area is 88.4 Å². The van der Waals surface area contributed by atoms with Gasteiger partial charge in [0.2, 0.25) is 0 Å². The lowest BCUT2D eigenvalue weighted by Crippen LogP contribution is -2.55. The molecule has 0 radical (unpaired) electrons. The summed E-state index contributed by atoms with van der Waals surface area (Å²) < 4.78 is 0. The number of hydrogen-bond acceptors (Lipinski definition) is 6. The van der Waals surface area contributed by atoms with Crippen molar-refractivity contribution >= 4 is 18.9 Å². The van der Waals surface area contributed by atoms with Gasteiger partial charge in [-0.05, 0) is 0 Å². The summed E-state index contributed by atoms with van der Waals surface area (Å²) in [5, 5.41) is 0. The number of nitrogens with zero attached hydrogens (tertiary/aromatic N) is 3. The van der Waals surface area contributed by atoms with E-state index in [1.807, 2.05) is 14.7 Å². The summed E-state index contributed by atoms with van der Waals surface area (Å²) in [4.78, 5) is 36.8. The van der Waals surface area contributed by atoms with Crippen LogP contribution in [0.1, 0.15) is 0 Å². The van der Waals surface area contributed by atoms with Gasteiger partial charge in [-0.1, -0.05) is 0 Å². The molecule has 0 amide bonds. The third-order valence-electron chi connectivity index (χ3n) is 2.20. The van der Waals surface area contributed by atoms with Gasteiger partial charge in [-0.25, -0.2) is 0 Å². The van der Waals surface area contributed by atoms with E-state index in [0.29, 0.717) is 39.6 Å². The molecule has 0 aromatic heterocycles. The Morgan fingerprint density at radius 1 is 0.667 bits per heavy atom. The molecule has 0 spiro atoms. The van der Waals surface area contributed by atoms with Crippen LogP contribution in [0.4, 0.5) is 0 Å². The van der Waals surface area contributed by atoms with Crippen molar-refractivity contribution in [1.82, 2.24) is 14.7 Å². The molecule has 0 aromatic rings. The van der Waals surface area contributed by atoms with Gasteiger partial charge in [0.25, 0.3) is 0 Å². The highest BCUT2D eigenvalue weighted by molar-refractivity contribution is 5.53. The highest BCUT2D eigenvalue weighted by Gasteiger charge is 2.21. The number of carbonyl (C=O) groups excluding carboxylic acids is 3. The predicted molar refractivity (Wildman–Crippen MR) is 52.9 cm³/mol. The van der Waals surface area contributed by atoms with E-state index in [-0.39, 0.29) is 0 Å². The van der Waals surface area contributed by atoms with Crippen LogP contribution >= 0.6 is 0 Å². The minimum absolute atomic E-state index is 0.324. The van der Waals surface area contributed by atoms with Crippen molar-refractivity contribution in [3.8, 4) is 0 Å². The van der Waals surface area contributed by atoms with Gasteiger partial charge in [0.15, 0.2) is 0 Å². The van der Waals surface area contributed by atoms with Gasteiger partial charge in [0.05, 0.1) is 39.6 Å². The molecular formula is C9H15N3O3. The highest BCUT2D eigenvalue weighted by atomic mass is 16.1. The zero-order valence-electron chi connectivity index (χ0n) is 8.54. The minimum atomic E-state index is 0.324. The van der Waals surface area contributed by atoms with Crippen LogP contribution in [0.25, 0.3) is 0 Å². The van der Waals surface area contributed by atoms with Crippen LogP contribution in [-0.4, -0.2) is 73.2 Å². The molecule has 0 bridgehead atoms. The Hall–Kier alpha value is -1.11. The van der Waals surface area contributed by atoms with Crippen LogP contribution in [0.15, 0.2) is 0 Å². The predicted octanol–water partition coefficient (Wildman–Crippen LogP) is -1.62. The average Bonchev–Trinajstić information content (AvgIpc) is 2.19. The fourth-order valence-corrected chi connectivity index (χ4v) is 1.65. The van der Waals surface area contributed by atoms with Gasteiger partial charge in [-0.2, -0.15) is 0 Å². The number of hydrogen-bond donors (Lipinski definition) is 0. The Morgan fingerprint density at radius 2 is 0.933 bits per heavy atom. The van der Waals surface area contributed by atoms with Crippen molar-refractivity contribution < 1.29 is 14.4 Å². The number of carbonyl (C=O) groups is 3. The van der Waals surface area contributed by atoms with E-state index in [1.165, 1.54) is 0 Å². The summed E-state index contributed by atoms with van der Waals surface area (Å²) in [7, 11) is 0.